The van der Waals surface area contributed by atoms with Crippen molar-refractivity contribution < 1.29 is 0 Å². The molecule has 0 unspecified atom stereocenters. The number of aromatic nitrogens is 1. The van der Waals surface area contributed by atoms with E-state index in [9.17, 15) is 0 Å². The zero-order valence-corrected chi connectivity index (χ0v) is 11.4. The standard InChI is InChI=1S/C15H13N5/c1-5-7-19(3)14-12(10-16)9-13(11-17)15(18-14)20(4)8-6-2/h1-2,9H,7-8H2,3-4H3. The van der Waals surface area contributed by atoms with Crippen molar-refractivity contribution in [3.8, 4) is 36.8 Å². The Kier molecular flexibility index (Phi) is 4.99. The third-order valence-corrected chi connectivity index (χ3v) is 2.60. The number of terminal acetylenes is 2. The first-order chi connectivity index (χ1) is 9.58. The van der Waals surface area contributed by atoms with E-state index in [4.69, 9.17) is 23.4 Å². The van der Waals surface area contributed by atoms with Crippen LogP contribution in [0.15, 0.2) is 6.07 Å². The molecule has 0 radical (unpaired) electrons. The van der Waals surface area contributed by atoms with Crippen molar-refractivity contribution in [1.29, 1.82) is 10.5 Å². The Labute approximate surface area is 119 Å². The van der Waals surface area contributed by atoms with Gasteiger partial charge in [-0.1, -0.05) is 11.8 Å². The quantitative estimate of drug-likeness (QED) is 0.757. The van der Waals surface area contributed by atoms with Crippen molar-refractivity contribution in [2.24, 2.45) is 0 Å². The SMILES string of the molecule is C#CCN(C)c1nc(N(C)CC#C)c(C#N)cc1C#N. The lowest BCUT2D eigenvalue weighted by Gasteiger charge is -2.21. The number of hydrogen-bond acceptors (Lipinski definition) is 5. The first-order valence-corrected chi connectivity index (χ1v) is 5.73. The van der Waals surface area contributed by atoms with Crippen molar-refractivity contribution in [2.75, 3.05) is 37.0 Å². The summed E-state index contributed by atoms with van der Waals surface area (Å²) in [4.78, 5) is 7.71. The van der Waals surface area contributed by atoms with Crippen molar-refractivity contribution in [3.63, 3.8) is 0 Å². The molecule has 98 valence electrons. The molecule has 5 heteroatoms. The zero-order valence-electron chi connectivity index (χ0n) is 11.4. The molecule has 20 heavy (non-hydrogen) atoms. The van der Waals surface area contributed by atoms with Crippen LogP contribution in [0, 0.1) is 47.3 Å². The topological polar surface area (TPSA) is 67.0 Å². The number of rotatable bonds is 4. The van der Waals surface area contributed by atoms with Gasteiger partial charge in [0.1, 0.15) is 23.8 Å². The van der Waals surface area contributed by atoms with Gasteiger partial charge in [0.15, 0.2) is 0 Å². The molecule has 0 spiro atoms. The van der Waals surface area contributed by atoms with Gasteiger partial charge >= 0.3 is 0 Å². The van der Waals surface area contributed by atoms with Crippen molar-refractivity contribution >= 4 is 11.6 Å². The summed E-state index contributed by atoms with van der Waals surface area (Å²) in [5, 5.41) is 18.3. The second-order valence-electron chi connectivity index (χ2n) is 4.07. The van der Waals surface area contributed by atoms with Gasteiger partial charge in [-0.2, -0.15) is 10.5 Å². The highest BCUT2D eigenvalue weighted by molar-refractivity contribution is 5.65. The van der Waals surface area contributed by atoms with E-state index in [1.54, 1.807) is 23.9 Å². The fraction of sp³-hybridized carbons (Fsp3) is 0.267. The smallest absolute Gasteiger partial charge is 0.149 e. The minimum Gasteiger partial charge on any atom is -0.347 e. The lowest BCUT2D eigenvalue weighted by molar-refractivity contribution is 0.956. The molecule has 0 saturated heterocycles. The number of hydrogen-bond donors (Lipinski definition) is 0. The van der Waals surface area contributed by atoms with Gasteiger partial charge in [-0.05, 0) is 6.07 Å². The van der Waals surface area contributed by atoms with Crippen LogP contribution in [0.25, 0.3) is 0 Å². The highest BCUT2D eigenvalue weighted by atomic mass is 15.2. The third kappa shape index (κ3) is 2.99. The largest absolute Gasteiger partial charge is 0.347 e. The summed E-state index contributed by atoms with van der Waals surface area (Å²) in [5.41, 5.74) is 0.606. The Morgan fingerprint density at radius 1 is 1.00 bits per heavy atom. The average Bonchev–Trinajstić information content (AvgIpc) is 2.46. The highest BCUT2D eigenvalue weighted by Crippen LogP contribution is 2.24. The van der Waals surface area contributed by atoms with E-state index in [0.29, 0.717) is 35.9 Å². The predicted octanol–water partition coefficient (Wildman–Crippen LogP) is 0.964. The Balaban J connectivity index is 3.44. The van der Waals surface area contributed by atoms with Crippen LogP contribution in [0.2, 0.25) is 0 Å². The summed E-state index contributed by atoms with van der Waals surface area (Å²) in [7, 11) is 3.47. The maximum Gasteiger partial charge on any atom is 0.149 e. The first kappa shape index (κ1) is 14.9. The van der Waals surface area contributed by atoms with Crippen LogP contribution in [0.1, 0.15) is 11.1 Å². The van der Waals surface area contributed by atoms with E-state index in [1.165, 1.54) is 6.07 Å². The molecule has 1 aromatic rings. The van der Waals surface area contributed by atoms with E-state index >= 15 is 0 Å². The van der Waals surface area contributed by atoms with Crippen molar-refractivity contribution in [2.45, 2.75) is 0 Å². The molecular formula is C15H13N5. The van der Waals surface area contributed by atoms with Crippen LogP contribution in [0.5, 0.6) is 0 Å². The Morgan fingerprint density at radius 2 is 1.40 bits per heavy atom. The monoisotopic (exact) mass is 263 g/mol. The zero-order chi connectivity index (χ0) is 15.1. The van der Waals surface area contributed by atoms with Crippen molar-refractivity contribution in [1.82, 2.24) is 4.98 Å². The van der Waals surface area contributed by atoms with E-state index in [2.05, 4.69) is 16.8 Å². The number of pyridine rings is 1. The summed E-state index contributed by atoms with van der Waals surface area (Å²) in [5.74, 6) is 5.84. The molecule has 1 rings (SSSR count). The molecule has 0 aromatic carbocycles. The van der Waals surface area contributed by atoms with Gasteiger partial charge in [0.25, 0.3) is 0 Å². The third-order valence-electron chi connectivity index (χ3n) is 2.60. The average molecular weight is 263 g/mol. The highest BCUT2D eigenvalue weighted by Gasteiger charge is 2.16. The van der Waals surface area contributed by atoms with Crippen LogP contribution in [0.3, 0.4) is 0 Å². The molecule has 1 heterocycles. The molecule has 5 nitrogen and oxygen atoms in total. The van der Waals surface area contributed by atoms with Crippen LogP contribution in [-0.4, -0.2) is 32.2 Å². The molecule has 0 aliphatic carbocycles. The fourth-order valence-corrected chi connectivity index (χ4v) is 1.66. The van der Waals surface area contributed by atoms with Gasteiger partial charge in [0.2, 0.25) is 0 Å². The van der Waals surface area contributed by atoms with Gasteiger partial charge < -0.3 is 9.80 Å². The van der Waals surface area contributed by atoms with Crippen LogP contribution >= 0.6 is 0 Å². The van der Waals surface area contributed by atoms with Crippen LogP contribution in [-0.2, 0) is 0 Å². The summed E-state index contributed by atoms with van der Waals surface area (Å²) in [6.07, 6.45) is 10.5. The Bertz CT molecular complexity index is 608. The molecule has 0 atom stereocenters. The maximum atomic E-state index is 9.16. The lowest BCUT2D eigenvalue weighted by Crippen LogP contribution is -2.24. The maximum absolute atomic E-state index is 9.16. The molecule has 0 fully saturated rings. The van der Waals surface area contributed by atoms with Gasteiger partial charge in [0, 0.05) is 14.1 Å². The van der Waals surface area contributed by atoms with E-state index in [1.807, 2.05) is 12.1 Å². The number of nitrogens with zero attached hydrogens (tertiary/aromatic N) is 5. The molecule has 0 amide bonds. The Morgan fingerprint density at radius 3 is 1.70 bits per heavy atom. The summed E-state index contributed by atoms with van der Waals surface area (Å²) in [6, 6.07) is 5.55. The molecule has 0 aliphatic heterocycles. The van der Waals surface area contributed by atoms with Crippen LogP contribution in [0.4, 0.5) is 11.6 Å². The minimum absolute atomic E-state index is 0.303. The minimum atomic E-state index is 0.303. The molecule has 0 N–H and O–H groups in total. The summed E-state index contributed by atoms with van der Waals surface area (Å²) >= 11 is 0. The number of anilines is 2. The van der Waals surface area contributed by atoms with E-state index in [0.717, 1.165) is 0 Å². The first-order valence-electron chi connectivity index (χ1n) is 5.73. The second kappa shape index (κ2) is 6.69. The fourth-order valence-electron chi connectivity index (χ4n) is 1.66. The Hall–Kier alpha value is -3.15. The lowest BCUT2D eigenvalue weighted by atomic mass is 10.1. The molecule has 0 bridgehead atoms. The second-order valence-corrected chi connectivity index (χ2v) is 4.07. The molecular weight excluding hydrogens is 250 g/mol. The van der Waals surface area contributed by atoms with E-state index < -0.39 is 0 Å². The van der Waals surface area contributed by atoms with E-state index in [-0.39, 0.29) is 0 Å². The number of nitriles is 2. The molecule has 0 saturated carbocycles. The normalized spacial score (nSPS) is 8.70. The molecule has 1 aromatic heterocycles. The summed E-state index contributed by atoms with van der Waals surface area (Å²) in [6.45, 7) is 0.623. The summed E-state index contributed by atoms with van der Waals surface area (Å²) < 4.78 is 0. The predicted molar refractivity (Wildman–Crippen MR) is 77.9 cm³/mol. The van der Waals surface area contributed by atoms with Crippen molar-refractivity contribution in [3.05, 3.63) is 17.2 Å². The van der Waals surface area contributed by atoms with Crippen LogP contribution < -0.4 is 9.80 Å². The van der Waals surface area contributed by atoms with Gasteiger partial charge in [-0.25, -0.2) is 4.98 Å². The van der Waals surface area contributed by atoms with Gasteiger partial charge in [0.05, 0.1) is 24.2 Å². The van der Waals surface area contributed by atoms with Gasteiger partial charge in [-0.15, -0.1) is 12.8 Å². The van der Waals surface area contributed by atoms with Gasteiger partial charge in [-0.3, -0.25) is 0 Å². The molecule has 0 aliphatic rings.